The van der Waals surface area contributed by atoms with Crippen LogP contribution in [0.15, 0.2) is 24.3 Å². The van der Waals surface area contributed by atoms with Gasteiger partial charge in [-0.2, -0.15) is 0 Å². The Labute approximate surface area is 129 Å². The minimum atomic E-state index is 0.218. The number of ether oxygens (including phenoxy) is 1. The number of hydrogen-bond donors (Lipinski definition) is 1. The van der Waals surface area contributed by atoms with Gasteiger partial charge in [0.05, 0.1) is 12.7 Å². The molecule has 3 nitrogen and oxygen atoms in total. The Bertz CT molecular complexity index is 430. The van der Waals surface area contributed by atoms with E-state index < -0.39 is 0 Å². The van der Waals surface area contributed by atoms with Crippen LogP contribution < -0.4 is 5.32 Å². The third kappa shape index (κ3) is 4.53. The molecule has 2 rings (SSSR count). The summed E-state index contributed by atoms with van der Waals surface area (Å²) in [6, 6.07) is 9.46. The molecule has 1 aliphatic rings. The van der Waals surface area contributed by atoms with Gasteiger partial charge in [-0.3, -0.25) is 4.90 Å². The van der Waals surface area contributed by atoms with Crippen molar-refractivity contribution in [3.63, 3.8) is 0 Å². The first kappa shape index (κ1) is 16.5. The topological polar surface area (TPSA) is 24.5 Å². The Morgan fingerprint density at radius 3 is 2.48 bits per heavy atom. The van der Waals surface area contributed by atoms with E-state index in [1.807, 2.05) is 0 Å². The fourth-order valence-electron chi connectivity index (χ4n) is 2.73. The lowest BCUT2D eigenvalue weighted by Gasteiger charge is -2.32. The predicted molar refractivity (Wildman–Crippen MR) is 88.8 cm³/mol. The zero-order valence-electron chi connectivity index (χ0n) is 14.1. The lowest BCUT2D eigenvalue weighted by atomic mass is 9.86. The van der Waals surface area contributed by atoms with E-state index >= 15 is 0 Å². The summed E-state index contributed by atoms with van der Waals surface area (Å²) in [6.45, 7) is 12.8. The fourth-order valence-corrected chi connectivity index (χ4v) is 2.73. The summed E-state index contributed by atoms with van der Waals surface area (Å²) in [6.07, 6.45) is 0.306. The van der Waals surface area contributed by atoms with Crippen LogP contribution in [0.2, 0.25) is 0 Å². The van der Waals surface area contributed by atoms with Crippen LogP contribution in [0, 0.1) is 0 Å². The van der Waals surface area contributed by atoms with E-state index in [0.717, 1.165) is 26.2 Å². The van der Waals surface area contributed by atoms with E-state index in [4.69, 9.17) is 4.74 Å². The van der Waals surface area contributed by atoms with E-state index in [-0.39, 0.29) is 5.41 Å². The van der Waals surface area contributed by atoms with Crippen molar-refractivity contribution in [3.8, 4) is 0 Å². The number of likely N-dealkylation sites (N-methyl/N-ethyl adjacent to an activating group) is 1. The quantitative estimate of drug-likeness (QED) is 0.922. The predicted octanol–water partition coefficient (Wildman–Crippen LogP) is 2.97. The Morgan fingerprint density at radius 2 is 1.95 bits per heavy atom. The second-order valence-corrected chi connectivity index (χ2v) is 7.18. The van der Waals surface area contributed by atoms with Crippen LogP contribution in [-0.4, -0.2) is 44.3 Å². The molecule has 1 N–H and O–H groups in total. The van der Waals surface area contributed by atoms with Crippen molar-refractivity contribution in [2.45, 2.75) is 45.3 Å². The summed E-state index contributed by atoms with van der Waals surface area (Å²) in [5.41, 5.74) is 2.98. The molecule has 1 saturated heterocycles. The average molecular weight is 290 g/mol. The highest BCUT2D eigenvalue weighted by molar-refractivity contribution is 5.29. The molecule has 0 spiro atoms. The summed E-state index contributed by atoms with van der Waals surface area (Å²) < 4.78 is 5.79. The van der Waals surface area contributed by atoms with Crippen molar-refractivity contribution in [1.29, 1.82) is 0 Å². The number of rotatable bonds is 4. The lowest BCUT2D eigenvalue weighted by molar-refractivity contribution is 0.00393. The molecular formula is C18H30N2O. The molecular weight excluding hydrogens is 260 g/mol. The molecule has 0 bridgehead atoms. The molecule has 2 atom stereocenters. The minimum absolute atomic E-state index is 0.218. The highest BCUT2D eigenvalue weighted by atomic mass is 16.5. The van der Waals surface area contributed by atoms with Gasteiger partial charge in [0.25, 0.3) is 0 Å². The second-order valence-electron chi connectivity index (χ2n) is 7.18. The summed E-state index contributed by atoms with van der Waals surface area (Å²) in [5.74, 6) is 0. The molecule has 0 aliphatic carbocycles. The Morgan fingerprint density at radius 1 is 1.29 bits per heavy atom. The SMILES string of the molecule is CC(c1ccc(C(C)(C)C)cc1)N(C)CC1CNCCO1. The van der Waals surface area contributed by atoms with Crippen LogP contribution in [0.3, 0.4) is 0 Å². The third-order valence-corrected chi connectivity index (χ3v) is 4.42. The van der Waals surface area contributed by atoms with Crippen molar-refractivity contribution in [3.05, 3.63) is 35.4 Å². The van der Waals surface area contributed by atoms with Crippen LogP contribution in [-0.2, 0) is 10.2 Å². The molecule has 0 amide bonds. The van der Waals surface area contributed by atoms with Gasteiger partial charge in [0.2, 0.25) is 0 Å². The van der Waals surface area contributed by atoms with Gasteiger partial charge in [-0.1, -0.05) is 45.0 Å². The molecule has 2 unspecified atom stereocenters. The van der Waals surface area contributed by atoms with Crippen molar-refractivity contribution >= 4 is 0 Å². The molecule has 21 heavy (non-hydrogen) atoms. The Balaban J connectivity index is 1.96. The Kier molecular flexibility index (Phi) is 5.42. The maximum atomic E-state index is 5.79. The van der Waals surface area contributed by atoms with Crippen LogP contribution in [0.5, 0.6) is 0 Å². The molecule has 1 aromatic carbocycles. The van der Waals surface area contributed by atoms with E-state index in [0.29, 0.717) is 12.1 Å². The molecule has 1 fully saturated rings. The van der Waals surface area contributed by atoms with Crippen molar-refractivity contribution in [2.24, 2.45) is 0 Å². The van der Waals surface area contributed by atoms with Crippen LogP contribution in [0.25, 0.3) is 0 Å². The highest BCUT2D eigenvalue weighted by Crippen LogP contribution is 2.25. The fraction of sp³-hybridized carbons (Fsp3) is 0.667. The van der Waals surface area contributed by atoms with Crippen molar-refractivity contribution < 1.29 is 4.74 Å². The summed E-state index contributed by atoms with van der Waals surface area (Å²) in [7, 11) is 2.18. The van der Waals surface area contributed by atoms with Gasteiger partial charge >= 0.3 is 0 Å². The maximum absolute atomic E-state index is 5.79. The number of nitrogens with one attached hydrogen (secondary N) is 1. The number of benzene rings is 1. The zero-order chi connectivity index (χ0) is 15.5. The summed E-state index contributed by atoms with van der Waals surface area (Å²) in [4.78, 5) is 2.38. The molecule has 0 aromatic heterocycles. The maximum Gasteiger partial charge on any atom is 0.0826 e. The normalized spacial score (nSPS) is 21.5. The standard InChI is InChI=1S/C18H30N2O/c1-14(20(5)13-17-12-19-10-11-21-17)15-6-8-16(9-7-15)18(2,3)4/h6-9,14,17,19H,10-13H2,1-5H3. The Hall–Kier alpha value is -0.900. The number of morpholine rings is 1. The van der Waals surface area contributed by atoms with Gasteiger partial charge in [0, 0.05) is 25.7 Å². The van der Waals surface area contributed by atoms with Gasteiger partial charge < -0.3 is 10.1 Å². The average Bonchev–Trinajstić information content (AvgIpc) is 2.46. The van der Waals surface area contributed by atoms with Crippen molar-refractivity contribution in [2.75, 3.05) is 33.3 Å². The molecule has 1 aromatic rings. The van der Waals surface area contributed by atoms with Crippen LogP contribution in [0.1, 0.15) is 44.9 Å². The van der Waals surface area contributed by atoms with Gasteiger partial charge in [-0.05, 0) is 30.5 Å². The molecule has 1 aliphatic heterocycles. The van der Waals surface area contributed by atoms with E-state index in [1.165, 1.54) is 11.1 Å². The van der Waals surface area contributed by atoms with Crippen molar-refractivity contribution in [1.82, 2.24) is 10.2 Å². The van der Waals surface area contributed by atoms with Gasteiger partial charge in [-0.15, -0.1) is 0 Å². The first-order valence-electron chi connectivity index (χ1n) is 8.01. The molecule has 1 heterocycles. The molecule has 3 heteroatoms. The monoisotopic (exact) mass is 290 g/mol. The zero-order valence-corrected chi connectivity index (χ0v) is 14.1. The molecule has 0 saturated carbocycles. The van der Waals surface area contributed by atoms with E-state index in [2.05, 4.69) is 69.2 Å². The summed E-state index contributed by atoms with van der Waals surface area (Å²) in [5, 5.41) is 3.39. The number of hydrogen-bond acceptors (Lipinski definition) is 3. The highest BCUT2D eigenvalue weighted by Gasteiger charge is 2.20. The molecule has 0 radical (unpaired) electrons. The van der Waals surface area contributed by atoms with Gasteiger partial charge in [0.1, 0.15) is 0 Å². The largest absolute Gasteiger partial charge is 0.374 e. The van der Waals surface area contributed by atoms with Gasteiger partial charge in [-0.25, -0.2) is 0 Å². The first-order chi connectivity index (χ1) is 9.88. The minimum Gasteiger partial charge on any atom is -0.374 e. The van der Waals surface area contributed by atoms with E-state index in [1.54, 1.807) is 0 Å². The smallest absolute Gasteiger partial charge is 0.0826 e. The first-order valence-corrected chi connectivity index (χ1v) is 8.01. The third-order valence-electron chi connectivity index (χ3n) is 4.42. The van der Waals surface area contributed by atoms with Gasteiger partial charge in [0.15, 0.2) is 0 Å². The summed E-state index contributed by atoms with van der Waals surface area (Å²) >= 11 is 0. The van der Waals surface area contributed by atoms with Crippen LogP contribution in [0.4, 0.5) is 0 Å². The van der Waals surface area contributed by atoms with Crippen LogP contribution >= 0.6 is 0 Å². The van der Waals surface area contributed by atoms with E-state index in [9.17, 15) is 0 Å². The lowest BCUT2D eigenvalue weighted by Crippen LogP contribution is -2.44. The molecule has 118 valence electrons. The number of nitrogens with zero attached hydrogens (tertiary/aromatic N) is 1. The second kappa shape index (κ2) is 6.91.